The molecule has 35 heavy (non-hydrogen) atoms. The molecule has 0 atom stereocenters. The van der Waals surface area contributed by atoms with Gasteiger partial charge in [0.1, 0.15) is 5.57 Å². The Labute approximate surface area is 199 Å². The largest absolute Gasteiger partial charge is 0.478 e. The Kier molecular flexibility index (Phi) is 5.13. The van der Waals surface area contributed by atoms with E-state index in [-0.39, 0.29) is 23.6 Å². The molecule has 1 fully saturated rings. The number of nitrogens with zero attached hydrogens (tertiary/aromatic N) is 2. The van der Waals surface area contributed by atoms with Crippen molar-refractivity contribution in [2.45, 2.75) is 13.8 Å². The third-order valence-corrected chi connectivity index (χ3v) is 5.86. The first kappa shape index (κ1) is 22.0. The van der Waals surface area contributed by atoms with Crippen LogP contribution in [0, 0.1) is 13.8 Å². The van der Waals surface area contributed by atoms with E-state index in [0.29, 0.717) is 17.1 Å². The Bertz CT molecular complexity index is 1450. The fraction of sp³-hybridized carbons (Fsp3) is 0.120. The monoisotopic (exact) mass is 473 g/mol. The first-order valence-corrected chi connectivity index (χ1v) is 10.6. The molecule has 5 rings (SSSR count). The number of imide groups is 2. The van der Waals surface area contributed by atoms with Crippen LogP contribution in [0.25, 0.3) is 11.8 Å². The van der Waals surface area contributed by atoms with Crippen LogP contribution in [0.15, 0.2) is 54.1 Å². The predicted molar refractivity (Wildman–Crippen MR) is 124 cm³/mol. The molecule has 10 heteroatoms. The van der Waals surface area contributed by atoms with E-state index in [1.54, 1.807) is 24.3 Å². The molecule has 3 aromatic rings. The van der Waals surface area contributed by atoms with Crippen molar-refractivity contribution < 1.29 is 33.8 Å². The lowest BCUT2D eigenvalue weighted by molar-refractivity contribution is -0.122. The number of carbonyl (C=O) groups is 4. The van der Waals surface area contributed by atoms with Crippen LogP contribution < -0.4 is 19.7 Å². The SMILES string of the molecule is Cc1cc(/C=C2\C(=O)NC(=O)N(c3ccc4c(c3)OCO4)C2=O)c(C)n1-c1ccc(C(=O)O)cc1. The van der Waals surface area contributed by atoms with E-state index < -0.39 is 23.8 Å². The lowest BCUT2D eigenvalue weighted by atomic mass is 10.1. The lowest BCUT2D eigenvalue weighted by Gasteiger charge is -2.26. The smallest absolute Gasteiger partial charge is 0.335 e. The lowest BCUT2D eigenvalue weighted by Crippen LogP contribution is -2.54. The van der Waals surface area contributed by atoms with Gasteiger partial charge in [-0.05, 0) is 68.0 Å². The van der Waals surface area contributed by atoms with E-state index in [1.165, 1.54) is 30.3 Å². The van der Waals surface area contributed by atoms with Crippen molar-refractivity contribution in [3.8, 4) is 17.2 Å². The highest BCUT2D eigenvalue weighted by Crippen LogP contribution is 2.36. The zero-order chi connectivity index (χ0) is 24.9. The number of anilines is 1. The number of fused-ring (bicyclic) bond motifs is 1. The average Bonchev–Trinajstić information content (AvgIpc) is 3.39. The number of amides is 4. The van der Waals surface area contributed by atoms with E-state index in [9.17, 15) is 19.2 Å². The van der Waals surface area contributed by atoms with E-state index >= 15 is 0 Å². The first-order chi connectivity index (χ1) is 16.7. The zero-order valence-corrected chi connectivity index (χ0v) is 18.7. The van der Waals surface area contributed by atoms with Crippen LogP contribution >= 0.6 is 0 Å². The van der Waals surface area contributed by atoms with Gasteiger partial charge in [-0.15, -0.1) is 0 Å². The molecular weight excluding hydrogens is 454 g/mol. The second-order valence-electron chi connectivity index (χ2n) is 8.01. The Morgan fingerprint density at radius 1 is 0.971 bits per heavy atom. The molecule has 0 unspecified atom stereocenters. The molecule has 3 heterocycles. The minimum Gasteiger partial charge on any atom is -0.478 e. The van der Waals surface area contributed by atoms with Gasteiger partial charge in [-0.3, -0.25) is 14.9 Å². The highest BCUT2D eigenvalue weighted by molar-refractivity contribution is 6.39. The van der Waals surface area contributed by atoms with Crippen molar-refractivity contribution in [1.82, 2.24) is 9.88 Å². The Morgan fingerprint density at radius 3 is 2.37 bits per heavy atom. The number of carbonyl (C=O) groups excluding carboxylic acids is 3. The quantitative estimate of drug-likeness (QED) is 0.440. The molecule has 2 aliphatic heterocycles. The third kappa shape index (κ3) is 3.70. The van der Waals surface area contributed by atoms with Gasteiger partial charge in [-0.25, -0.2) is 14.5 Å². The summed E-state index contributed by atoms with van der Waals surface area (Å²) in [7, 11) is 0. The summed E-state index contributed by atoms with van der Waals surface area (Å²) in [5.41, 5.74) is 3.06. The molecule has 1 aromatic heterocycles. The van der Waals surface area contributed by atoms with Crippen molar-refractivity contribution >= 4 is 35.6 Å². The number of carboxylic acids is 1. The third-order valence-electron chi connectivity index (χ3n) is 5.86. The summed E-state index contributed by atoms with van der Waals surface area (Å²) in [6.45, 7) is 3.71. The molecule has 0 spiro atoms. The number of hydrogen-bond donors (Lipinski definition) is 2. The van der Waals surface area contributed by atoms with Crippen LogP contribution in [0.3, 0.4) is 0 Å². The fourth-order valence-corrected chi connectivity index (χ4v) is 4.16. The van der Waals surface area contributed by atoms with E-state index in [0.717, 1.165) is 22.0 Å². The van der Waals surface area contributed by atoms with Gasteiger partial charge in [0.25, 0.3) is 11.8 Å². The maximum atomic E-state index is 13.3. The predicted octanol–water partition coefficient (Wildman–Crippen LogP) is 3.19. The van der Waals surface area contributed by atoms with Gasteiger partial charge >= 0.3 is 12.0 Å². The van der Waals surface area contributed by atoms with Crippen LogP contribution in [0.4, 0.5) is 10.5 Å². The number of urea groups is 1. The van der Waals surface area contributed by atoms with Crippen LogP contribution in [0.1, 0.15) is 27.3 Å². The number of barbiturate groups is 1. The van der Waals surface area contributed by atoms with Crippen LogP contribution in [-0.2, 0) is 9.59 Å². The molecular formula is C25H19N3O7. The molecule has 0 aliphatic carbocycles. The summed E-state index contributed by atoms with van der Waals surface area (Å²) < 4.78 is 12.5. The molecule has 0 radical (unpaired) electrons. The van der Waals surface area contributed by atoms with Crippen molar-refractivity contribution in [1.29, 1.82) is 0 Å². The number of rotatable bonds is 4. The van der Waals surface area contributed by atoms with Crippen molar-refractivity contribution in [3.05, 3.63) is 76.6 Å². The molecule has 176 valence electrons. The molecule has 2 aromatic carbocycles. The van der Waals surface area contributed by atoms with Crippen LogP contribution in [0.2, 0.25) is 0 Å². The Balaban J connectivity index is 1.51. The fourth-order valence-electron chi connectivity index (χ4n) is 4.16. The maximum absolute atomic E-state index is 13.3. The molecule has 0 saturated carbocycles. The van der Waals surface area contributed by atoms with Crippen molar-refractivity contribution in [2.24, 2.45) is 0 Å². The minimum atomic E-state index is -1.02. The summed E-state index contributed by atoms with van der Waals surface area (Å²) in [4.78, 5) is 50.4. The molecule has 10 nitrogen and oxygen atoms in total. The van der Waals surface area contributed by atoms with E-state index in [2.05, 4.69) is 5.32 Å². The molecule has 4 amide bonds. The maximum Gasteiger partial charge on any atom is 0.335 e. The Hall–Kier alpha value is -4.86. The second kappa shape index (κ2) is 8.17. The second-order valence-corrected chi connectivity index (χ2v) is 8.01. The molecule has 2 N–H and O–H groups in total. The topological polar surface area (TPSA) is 127 Å². The van der Waals surface area contributed by atoms with Gasteiger partial charge in [0.2, 0.25) is 6.79 Å². The number of carboxylic acid groups (broad SMARTS) is 1. The van der Waals surface area contributed by atoms with Crippen molar-refractivity contribution in [3.63, 3.8) is 0 Å². The zero-order valence-electron chi connectivity index (χ0n) is 18.7. The van der Waals surface area contributed by atoms with Gasteiger partial charge in [-0.1, -0.05) is 0 Å². The van der Waals surface area contributed by atoms with Gasteiger partial charge in [0.15, 0.2) is 11.5 Å². The molecule has 1 saturated heterocycles. The summed E-state index contributed by atoms with van der Waals surface area (Å²) in [6.07, 6.45) is 1.44. The summed E-state index contributed by atoms with van der Waals surface area (Å²) in [5, 5.41) is 11.3. The van der Waals surface area contributed by atoms with E-state index in [4.69, 9.17) is 14.6 Å². The van der Waals surface area contributed by atoms with Crippen molar-refractivity contribution in [2.75, 3.05) is 11.7 Å². The van der Waals surface area contributed by atoms with Crippen LogP contribution in [0.5, 0.6) is 11.5 Å². The highest BCUT2D eigenvalue weighted by Gasteiger charge is 2.37. The van der Waals surface area contributed by atoms with Gasteiger partial charge in [0.05, 0.1) is 11.3 Å². The van der Waals surface area contributed by atoms with Gasteiger partial charge in [0, 0.05) is 23.1 Å². The highest BCUT2D eigenvalue weighted by atomic mass is 16.7. The standard InChI is InChI=1S/C25H19N3O7/c1-13-9-16(14(2)27(13)17-5-3-15(4-6-17)24(31)32)10-19-22(29)26-25(33)28(23(19)30)18-7-8-20-21(11-18)35-12-34-20/h3-11H,12H2,1-2H3,(H,31,32)(H,26,29,33)/b19-10+. The number of aromatic nitrogens is 1. The molecule has 0 bridgehead atoms. The minimum absolute atomic E-state index is 0.0389. The van der Waals surface area contributed by atoms with Gasteiger partial charge in [-0.2, -0.15) is 0 Å². The summed E-state index contributed by atoms with van der Waals surface area (Å²) >= 11 is 0. The first-order valence-electron chi connectivity index (χ1n) is 10.6. The number of ether oxygens (including phenoxy) is 2. The van der Waals surface area contributed by atoms with Gasteiger partial charge < -0.3 is 19.1 Å². The summed E-state index contributed by atoms with van der Waals surface area (Å²) in [5.74, 6) is -1.70. The number of hydrogen-bond acceptors (Lipinski definition) is 6. The number of aryl methyl sites for hydroxylation is 1. The Morgan fingerprint density at radius 2 is 1.66 bits per heavy atom. The average molecular weight is 473 g/mol. The molecule has 2 aliphatic rings. The number of aromatic carboxylic acids is 1. The van der Waals surface area contributed by atoms with E-state index in [1.807, 2.05) is 18.4 Å². The normalized spacial score (nSPS) is 16.1. The summed E-state index contributed by atoms with van der Waals surface area (Å²) in [6, 6.07) is 11.9. The van der Waals surface area contributed by atoms with Crippen LogP contribution in [-0.4, -0.2) is 40.3 Å². The number of nitrogens with one attached hydrogen (secondary N) is 1. The number of benzene rings is 2.